The van der Waals surface area contributed by atoms with Gasteiger partial charge >= 0.3 is 0 Å². The van der Waals surface area contributed by atoms with Gasteiger partial charge in [0, 0.05) is 22.9 Å². The van der Waals surface area contributed by atoms with Crippen molar-refractivity contribution in [1.29, 1.82) is 0 Å². The van der Waals surface area contributed by atoms with Gasteiger partial charge in [-0.1, -0.05) is 54.6 Å². The van der Waals surface area contributed by atoms with E-state index in [0.29, 0.717) is 12.4 Å². The van der Waals surface area contributed by atoms with E-state index in [1.165, 1.54) is 4.88 Å². The maximum absolute atomic E-state index is 13.4. The van der Waals surface area contributed by atoms with Crippen LogP contribution in [-0.2, 0) is 4.79 Å². The molecule has 6 rings (SSSR count). The first-order chi connectivity index (χ1) is 14.3. The molecule has 0 bridgehead atoms. The van der Waals surface area contributed by atoms with E-state index in [4.69, 9.17) is 0 Å². The van der Waals surface area contributed by atoms with E-state index in [2.05, 4.69) is 63.3 Å². The number of ketones is 1. The van der Waals surface area contributed by atoms with E-state index in [-0.39, 0.29) is 23.7 Å². The molecule has 0 amide bonds. The Bertz CT molecular complexity index is 1250. The minimum absolute atomic E-state index is 0.115. The molecule has 5 nitrogen and oxygen atoms in total. The maximum Gasteiger partial charge on any atom is 0.226 e. The van der Waals surface area contributed by atoms with Crippen LogP contribution in [0, 0.1) is 5.92 Å². The highest BCUT2D eigenvalue weighted by atomic mass is 32.1. The van der Waals surface area contributed by atoms with Crippen LogP contribution in [0.3, 0.4) is 0 Å². The number of nitrogens with zero attached hydrogens (tertiary/aromatic N) is 3. The summed E-state index contributed by atoms with van der Waals surface area (Å²) < 4.78 is 1.87. The van der Waals surface area contributed by atoms with Gasteiger partial charge in [-0.05, 0) is 27.8 Å². The first-order valence-electron chi connectivity index (χ1n) is 9.71. The number of hydrogen-bond donors (Lipinski definition) is 1. The predicted octanol–water partition coefficient (Wildman–Crippen LogP) is 4.76. The number of Topliss-reactive ketones (excluding diaryl/α,β-unsaturated/α-hetero) is 1. The Balaban J connectivity index is 1.55. The van der Waals surface area contributed by atoms with Crippen LogP contribution in [0.5, 0.6) is 0 Å². The monoisotopic (exact) mass is 398 g/mol. The van der Waals surface area contributed by atoms with Gasteiger partial charge in [-0.15, -0.1) is 11.3 Å². The number of aromatic nitrogens is 3. The van der Waals surface area contributed by atoms with Gasteiger partial charge in [0.25, 0.3) is 0 Å². The lowest BCUT2D eigenvalue weighted by Gasteiger charge is -2.38. The van der Waals surface area contributed by atoms with E-state index >= 15 is 0 Å². The Morgan fingerprint density at radius 2 is 1.97 bits per heavy atom. The van der Waals surface area contributed by atoms with Crippen LogP contribution in [0.2, 0.25) is 0 Å². The van der Waals surface area contributed by atoms with Crippen molar-refractivity contribution in [3.8, 4) is 0 Å². The molecular weight excluding hydrogens is 380 g/mol. The second kappa shape index (κ2) is 6.39. The topological polar surface area (TPSA) is 59.8 Å². The molecule has 2 aliphatic rings. The molecule has 0 radical (unpaired) electrons. The summed E-state index contributed by atoms with van der Waals surface area (Å²) in [6.45, 7) is 0. The van der Waals surface area contributed by atoms with Crippen molar-refractivity contribution < 1.29 is 4.79 Å². The number of carbonyl (C=O) groups excluding carboxylic acids is 1. The van der Waals surface area contributed by atoms with Crippen molar-refractivity contribution in [2.75, 3.05) is 5.32 Å². The molecule has 2 aromatic carbocycles. The summed E-state index contributed by atoms with van der Waals surface area (Å²) in [4.78, 5) is 19.1. The number of thiophene rings is 1. The van der Waals surface area contributed by atoms with Gasteiger partial charge in [-0.25, -0.2) is 4.68 Å². The molecule has 2 aromatic heterocycles. The van der Waals surface area contributed by atoms with Gasteiger partial charge < -0.3 is 5.32 Å². The minimum Gasteiger partial charge on any atom is -0.328 e. The predicted molar refractivity (Wildman–Crippen MR) is 114 cm³/mol. The third-order valence-corrected chi connectivity index (χ3v) is 6.95. The Labute approximate surface area is 171 Å². The molecule has 0 fully saturated rings. The van der Waals surface area contributed by atoms with Gasteiger partial charge in [0.15, 0.2) is 0 Å². The van der Waals surface area contributed by atoms with Crippen LogP contribution >= 0.6 is 11.3 Å². The zero-order valence-electron chi connectivity index (χ0n) is 15.5. The lowest BCUT2D eigenvalue weighted by atomic mass is 9.76. The van der Waals surface area contributed by atoms with Crippen LogP contribution < -0.4 is 5.32 Å². The van der Waals surface area contributed by atoms with Crippen molar-refractivity contribution in [2.24, 2.45) is 5.92 Å². The molecule has 1 N–H and O–H groups in total. The standard InChI is InChI=1S/C23H18N4OS/c28-19-12-15(20-9-4-10-29-20)11-18-21(19)22(27-23(26-18)24-13-25-27)17-8-3-6-14-5-1-2-7-16(14)17/h1-11,13,15,21-22H,12H2,(H,24,25,26)/t15-,21+,22+/m0/s1. The molecule has 3 heterocycles. The summed E-state index contributed by atoms with van der Waals surface area (Å²) in [6, 6.07) is 18.5. The molecule has 3 atom stereocenters. The van der Waals surface area contributed by atoms with Crippen LogP contribution in [-0.4, -0.2) is 20.5 Å². The van der Waals surface area contributed by atoms with E-state index in [0.717, 1.165) is 22.0 Å². The lowest BCUT2D eigenvalue weighted by molar-refractivity contribution is -0.123. The summed E-state index contributed by atoms with van der Waals surface area (Å²) in [5.41, 5.74) is 2.05. The zero-order valence-corrected chi connectivity index (χ0v) is 16.3. The molecule has 142 valence electrons. The summed E-state index contributed by atoms with van der Waals surface area (Å²) in [7, 11) is 0. The fourth-order valence-corrected chi connectivity index (χ4v) is 5.48. The highest BCUT2D eigenvalue weighted by molar-refractivity contribution is 7.10. The lowest BCUT2D eigenvalue weighted by Crippen LogP contribution is -2.40. The van der Waals surface area contributed by atoms with Crippen LogP contribution in [0.25, 0.3) is 10.8 Å². The van der Waals surface area contributed by atoms with E-state index in [9.17, 15) is 4.79 Å². The SMILES string of the molecule is O=C1C[C@@H](c2cccs2)C=C2Nc3ncnn3[C@H](c3cccc4ccccc34)[C@@H]12. The van der Waals surface area contributed by atoms with Crippen molar-refractivity contribution in [3.63, 3.8) is 0 Å². The zero-order chi connectivity index (χ0) is 19.4. The quantitative estimate of drug-likeness (QED) is 0.529. The molecular formula is C23H18N4OS. The fraction of sp³-hybridized carbons (Fsp3) is 0.174. The largest absolute Gasteiger partial charge is 0.328 e. The molecule has 4 aromatic rings. The van der Waals surface area contributed by atoms with Gasteiger partial charge in [0.2, 0.25) is 5.95 Å². The van der Waals surface area contributed by atoms with E-state index in [1.54, 1.807) is 17.7 Å². The second-order valence-corrected chi connectivity index (χ2v) is 8.54. The first kappa shape index (κ1) is 16.7. The van der Waals surface area contributed by atoms with E-state index < -0.39 is 0 Å². The van der Waals surface area contributed by atoms with Crippen molar-refractivity contribution >= 4 is 33.8 Å². The molecule has 6 heteroatoms. The van der Waals surface area contributed by atoms with Gasteiger partial charge in [-0.2, -0.15) is 10.1 Å². The average Bonchev–Trinajstić information content (AvgIpc) is 3.44. The van der Waals surface area contributed by atoms with E-state index in [1.807, 2.05) is 22.9 Å². The summed E-state index contributed by atoms with van der Waals surface area (Å²) in [5, 5.41) is 12.2. The number of hydrogen-bond acceptors (Lipinski definition) is 5. The molecule has 29 heavy (non-hydrogen) atoms. The molecule has 0 unspecified atom stereocenters. The Kier molecular flexibility index (Phi) is 3.67. The highest BCUT2D eigenvalue weighted by Gasteiger charge is 2.43. The summed E-state index contributed by atoms with van der Waals surface area (Å²) >= 11 is 1.70. The molecule has 1 aliphatic heterocycles. The first-order valence-corrected chi connectivity index (χ1v) is 10.6. The Morgan fingerprint density at radius 1 is 1.07 bits per heavy atom. The minimum atomic E-state index is -0.286. The maximum atomic E-state index is 13.4. The smallest absolute Gasteiger partial charge is 0.226 e. The average molecular weight is 398 g/mol. The molecule has 0 saturated heterocycles. The van der Waals surface area contributed by atoms with Gasteiger partial charge in [0.1, 0.15) is 12.1 Å². The molecule has 0 spiro atoms. The van der Waals surface area contributed by atoms with Crippen molar-refractivity contribution in [1.82, 2.24) is 14.8 Å². The summed E-state index contributed by atoms with van der Waals surface area (Å²) in [5.74, 6) is 0.757. The second-order valence-electron chi connectivity index (χ2n) is 7.56. The number of carbonyl (C=O) groups is 1. The van der Waals surface area contributed by atoms with Gasteiger partial charge in [-0.3, -0.25) is 4.79 Å². The normalized spacial score (nSPS) is 23.2. The molecule has 0 saturated carbocycles. The van der Waals surface area contributed by atoms with Crippen LogP contribution in [0.1, 0.15) is 28.8 Å². The number of rotatable bonds is 2. The number of nitrogens with one attached hydrogen (secondary N) is 1. The number of fused-ring (bicyclic) bond motifs is 3. The fourth-order valence-electron chi connectivity index (χ4n) is 4.68. The number of allylic oxidation sites excluding steroid dienone is 2. The van der Waals surface area contributed by atoms with Crippen molar-refractivity contribution in [2.45, 2.75) is 18.4 Å². The number of benzene rings is 2. The molecule has 1 aliphatic carbocycles. The van der Waals surface area contributed by atoms with Gasteiger partial charge in [0.05, 0.1) is 12.0 Å². The van der Waals surface area contributed by atoms with Crippen LogP contribution in [0.4, 0.5) is 5.95 Å². The highest BCUT2D eigenvalue weighted by Crippen LogP contribution is 2.45. The Hall–Kier alpha value is -3.25. The summed E-state index contributed by atoms with van der Waals surface area (Å²) in [6.07, 6.45) is 4.29. The Morgan fingerprint density at radius 3 is 2.86 bits per heavy atom. The number of anilines is 1. The van der Waals surface area contributed by atoms with Crippen molar-refractivity contribution in [3.05, 3.63) is 88.5 Å². The van der Waals surface area contributed by atoms with Crippen LogP contribution in [0.15, 0.2) is 78.1 Å². The third kappa shape index (κ3) is 2.56. The third-order valence-electron chi connectivity index (χ3n) is 5.94.